The van der Waals surface area contributed by atoms with E-state index in [1.54, 1.807) is 18.2 Å². The number of hydrogen-bond donors (Lipinski definition) is 1. The predicted molar refractivity (Wildman–Crippen MR) is 168 cm³/mol. The molecule has 0 aliphatic rings. The molecule has 4 aromatic rings. The molecule has 0 fully saturated rings. The van der Waals surface area contributed by atoms with E-state index in [4.69, 9.17) is 14.2 Å². The Labute approximate surface area is 316 Å². The number of carboxylic acid groups (broad SMARTS) is 1. The number of aliphatic hydroxyl groups is 1. The Morgan fingerprint density at radius 2 is 1.46 bits per heavy atom. The minimum Gasteiger partial charge on any atom is -0.550 e. The van der Waals surface area contributed by atoms with E-state index in [9.17, 15) is 41.4 Å². The molecule has 3 aromatic carbocycles. The van der Waals surface area contributed by atoms with Crippen LogP contribution in [0.25, 0.3) is 11.1 Å². The number of benzene rings is 3. The predicted octanol–water partition coefficient (Wildman–Crippen LogP) is 3.68. The largest absolute Gasteiger partial charge is 1.00 e. The molecule has 0 bridgehead atoms. The number of carbonyl (C=O) groups excluding carboxylic acids is 1. The van der Waals surface area contributed by atoms with Crippen LogP contribution in [0, 0.1) is 5.82 Å². The molecule has 0 unspecified atom stereocenters. The number of carbonyl (C=O) groups is 1. The molecule has 0 radical (unpaired) electrons. The summed E-state index contributed by atoms with van der Waals surface area (Å²) in [5.41, 5.74) is -3.97. The van der Waals surface area contributed by atoms with Gasteiger partial charge in [-0.2, -0.15) is 26.3 Å². The zero-order valence-corrected chi connectivity index (χ0v) is 30.8. The second-order valence-electron chi connectivity index (χ2n) is 11.9. The van der Waals surface area contributed by atoms with E-state index in [2.05, 4.69) is 9.97 Å². The number of halogens is 7. The summed E-state index contributed by atoms with van der Waals surface area (Å²) in [5, 5.41) is 21.3. The molecule has 9 nitrogen and oxygen atoms in total. The van der Waals surface area contributed by atoms with Gasteiger partial charge >= 0.3 is 41.9 Å². The molecule has 0 saturated carbocycles. The fraction of sp³-hybridized carbons (Fsp3) is 0.343. The van der Waals surface area contributed by atoms with Crippen molar-refractivity contribution >= 4 is 11.9 Å². The van der Waals surface area contributed by atoms with E-state index in [0.717, 1.165) is 6.07 Å². The fourth-order valence-corrected chi connectivity index (χ4v) is 5.18. The first-order valence-electron chi connectivity index (χ1n) is 15.3. The van der Waals surface area contributed by atoms with Crippen LogP contribution in [0.5, 0.6) is 17.2 Å². The number of aromatic nitrogens is 2. The van der Waals surface area contributed by atoms with E-state index >= 15 is 4.39 Å². The molecule has 17 heteroatoms. The zero-order valence-electron chi connectivity index (χ0n) is 28.8. The van der Waals surface area contributed by atoms with Crippen LogP contribution in [0.2, 0.25) is 0 Å². The summed E-state index contributed by atoms with van der Waals surface area (Å²) >= 11 is 0. The van der Waals surface area contributed by atoms with Gasteiger partial charge in [0, 0.05) is 36.3 Å². The van der Waals surface area contributed by atoms with Crippen molar-refractivity contribution < 1.29 is 89.5 Å². The molecule has 52 heavy (non-hydrogen) atoms. The number of anilines is 1. The Balaban J connectivity index is 0.00000729. The maximum absolute atomic E-state index is 15.0. The minimum absolute atomic E-state index is 0. The topological polar surface area (TPSA) is 117 Å². The standard InChI is InChI=1S/C35H34F7N3O6.Na/c1-33(2,48)28-14-27(30(50-4)15-29(28)36)26-8-7-24(49-3)12-21(26)19-45(32-43-16-25(17-44-32)51-9-5-6-31(46)47)18-20-10-22(34(37,38)39)13-23(11-20)35(40,41)42;/h7-8,10-17,48H,5-6,9,18-19H2,1-4H3,(H,46,47);/q;+1/p-1. The summed E-state index contributed by atoms with van der Waals surface area (Å²) in [5.74, 6) is -1.62. The molecule has 1 aromatic heterocycles. The van der Waals surface area contributed by atoms with Crippen molar-refractivity contribution in [2.45, 2.75) is 57.7 Å². The normalized spacial score (nSPS) is 11.8. The van der Waals surface area contributed by atoms with Gasteiger partial charge in [0.05, 0.1) is 49.9 Å². The second kappa shape index (κ2) is 17.1. The van der Waals surface area contributed by atoms with Gasteiger partial charge in [-0.1, -0.05) is 6.07 Å². The molecular formula is C35H33F7N3NaO6. The van der Waals surface area contributed by atoms with Crippen molar-refractivity contribution in [2.24, 2.45) is 0 Å². The average molecular weight is 748 g/mol. The number of methoxy groups -OCH3 is 2. The van der Waals surface area contributed by atoms with Gasteiger partial charge in [-0.05, 0) is 79.8 Å². The van der Waals surface area contributed by atoms with Crippen molar-refractivity contribution in [3.8, 4) is 28.4 Å². The summed E-state index contributed by atoms with van der Waals surface area (Å²) in [6, 6.07) is 8.45. The Morgan fingerprint density at radius 1 is 0.846 bits per heavy atom. The summed E-state index contributed by atoms with van der Waals surface area (Å²) in [6.45, 7) is 1.96. The monoisotopic (exact) mass is 747 g/mol. The summed E-state index contributed by atoms with van der Waals surface area (Å²) in [4.78, 5) is 20.5. The molecular weight excluding hydrogens is 714 g/mol. The molecule has 1 N–H and O–H groups in total. The third-order valence-corrected chi connectivity index (χ3v) is 7.62. The Bertz CT molecular complexity index is 1820. The quantitative estimate of drug-likeness (QED) is 0.117. The molecule has 4 rings (SSSR count). The van der Waals surface area contributed by atoms with Gasteiger partial charge in [-0.3, -0.25) is 0 Å². The maximum atomic E-state index is 15.0. The number of ether oxygens (including phenoxy) is 3. The molecule has 0 aliphatic carbocycles. The first kappa shape index (κ1) is 42.3. The van der Waals surface area contributed by atoms with Crippen LogP contribution < -0.4 is 53.8 Å². The van der Waals surface area contributed by atoms with Gasteiger partial charge in [0.25, 0.3) is 0 Å². The molecule has 0 atom stereocenters. The minimum atomic E-state index is -5.09. The molecule has 0 spiro atoms. The first-order chi connectivity index (χ1) is 23.8. The van der Waals surface area contributed by atoms with Crippen LogP contribution in [0.15, 0.2) is 60.9 Å². The van der Waals surface area contributed by atoms with Crippen LogP contribution in [-0.2, 0) is 35.8 Å². The summed E-state index contributed by atoms with van der Waals surface area (Å²) in [7, 11) is 2.69. The zero-order chi connectivity index (χ0) is 37.7. The van der Waals surface area contributed by atoms with E-state index in [1.807, 2.05) is 0 Å². The van der Waals surface area contributed by atoms with E-state index in [0.29, 0.717) is 34.6 Å². The number of nitrogens with zero attached hydrogens (tertiary/aromatic N) is 3. The molecule has 0 amide bonds. The van der Waals surface area contributed by atoms with E-state index in [-0.39, 0.29) is 90.2 Å². The van der Waals surface area contributed by atoms with E-state index in [1.165, 1.54) is 51.4 Å². The Morgan fingerprint density at radius 3 is 1.98 bits per heavy atom. The van der Waals surface area contributed by atoms with Gasteiger partial charge in [-0.15, -0.1) is 0 Å². The van der Waals surface area contributed by atoms with Crippen molar-refractivity contribution in [3.05, 3.63) is 94.6 Å². The fourth-order valence-electron chi connectivity index (χ4n) is 5.18. The van der Waals surface area contributed by atoms with Crippen LogP contribution >= 0.6 is 0 Å². The van der Waals surface area contributed by atoms with Crippen molar-refractivity contribution in [1.82, 2.24) is 9.97 Å². The van der Waals surface area contributed by atoms with Crippen molar-refractivity contribution in [1.29, 1.82) is 0 Å². The number of alkyl halides is 6. The second-order valence-corrected chi connectivity index (χ2v) is 11.9. The third-order valence-electron chi connectivity index (χ3n) is 7.62. The number of carboxylic acids is 1. The van der Waals surface area contributed by atoms with Gasteiger partial charge in [0.1, 0.15) is 17.3 Å². The Hall–Kier alpha value is -4.12. The number of hydrogen-bond acceptors (Lipinski definition) is 9. The third kappa shape index (κ3) is 10.9. The maximum Gasteiger partial charge on any atom is 1.00 e. The Kier molecular flexibility index (Phi) is 13.9. The molecule has 0 saturated heterocycles. The first-order valence-corrected chi connectivity index (χ1v) is 15.3. The van der Waals surface area contributed by atoms with Gasteiger partial charge in [-0.25, -0.2) is 14.4 Å². The summed E-state index contributed by atoms with van der Waals surface area (Å²) in [6.07, 6.45) is -7.90. The molecule has 0 aliphatic heterocycles. The average Bonchev–Trinajstić information content (AvgIpc) is 3.05. The smallest absolute Gasteiger partial charge is 0.550 e. The van der Waals surface area contributed by atoms with Crippen LogP contribution in [0.1, 0.15) is 54.5 Å². The number of rotatable bonds is 14. The van der Waals surface area contributed by atoms with Crippen molar-refractivity contribution in [3.63, 3.8) is 0 Å². The SMILES string of the molecule is COc1ccc(-c2cc(C(C)(C)O)c(F)cc2OC)c(CN(Cc2cc(C(F)(F)F)cc(C(F)(F)F)c2)c2ncc(OCCCC(=O)[O-])cn2)c1.[Na+]. The van der Waals surface area contributed by atoms with Gasteiger partial charge < -0.3 is 34.1 Å². The van der Waals surface area contributed by atoms with Crippen LogP contribution in [-0.4, -0.2) is 41.9 Å². The van der Waals surface area contributed by atoms with Gasteiger partial charge in [0.2, 0.25) is 5.95 Å². The van der Waals surface area contributed by atoms with Crippen LogP contribution in [0.4, 0.5) is 36.7 Å². The van der Waals surface area contributed by atoms with Gasteiger partial charge in [0.15, 0.2) is 5.75 Å². The molecule has 274 valence electrons. The van der Waals surface area contributed by atoms with Crippen LogP contribution in [0.3, 0.4) is 0 Å². The summed E-state index contributed by atoms with van der Waals surface area (Å²) < 4.78 is 114. The van der Waals surface area contributed by atoms with Crippen molar-refractivity contribution in [2.75, 3.05) is 25.7 Å². The molecule has 1 heterocycles. The van der Waals surface area contributed by atoms with E-state index < -0.39 is 47.4 Å². The number of aliphatic carboxylic acids is 1.